The Bertz CT molecular complexity index is 671. The quantitative estimate of drug-likeness (QED) is 0.781. The van der Waals surface area contributed by atoms with E-state index in [1.165, 1.54) is 31.4 Å². The Morgan fingerprint density at radius 1 is 1.19 bits per heavy atom. The number of Topliss-reactive ketones (excluding diaryl/α,β-unsaturated/α-hetero) is 1. The second kappa shape index (κ2) is 6.59. The molecule has 0 radical (unpaired) electrons. The number of carbonyl (C=O) groups is 1. The Morgan fingerprint density at radius 3 is 2.52 bits per heavy atom. The van der Waals surface area contributed by atoms with E-state index < -0.39 is 0 Å². The second-order valence-electron chi connectivity index (χ2n) is 4.47. The standard InChI is InChI=1S/C16H14ClFO3/c1-10-7-12(18)4-6-15(10)21-9-14(19)11-3-5-16(20-2)13(17)8-11/h3-8H,9H2,1-2H3. The molecule has 0 amide bonds. The number of carbonyl (C=O) groups excluding carboxylic acids is 1. The van der Waals surface area contributed by atoms with Gasteiger partial charge in [-0.15, -0.1) is 0 Å². The van der Waals surface area contributed by atoms with Gasteiger partial charge in [-0.3, -0.25) is 4.79 Å². The SMILES string of the molecule is COc1ccc(C(=O)COc2ccc(F)cc2C)cc1Cl. The largest absolute Gasteiger partial charge is 0.495 e. The first-order valence-electron chi connectivity index (χ1n) is 6.27. The van der Waals surface area contributed by atoms with E-state index in [0.717, 1.165) is 0 Å². The van der Waals surface area contributed by atoms with Crippen LogP contribution in [0.3, 0.4) is 0 Å². The summed E-state index contributed by atoms with van der Waals surface area (Å²) in [5, 5.41) is 0.362. The molecule has 0 aliphatic heterocycles. The summed E-state index contributed by atoms with van der Waals surface area (Å²) in [4.78, 5) is 12.0. The molecule has 0 N–H and O–H groups in total. The molecule has 110 valence electrons. The summed E-state index contributed by atoms with van der Waals surface area (Å²) in [5.41, 5.74) is 1.07. The summed E-state index contributed by atoms with van der Waals surface area (Å²) >= 11 is 5.97. The van der Waals surface area contributed by atoms with Crippen LogP contribution in [-0.4, -0.2) is 19.5 Å². The summed E-state index contributed by atoms with van der Waals surface area (Å²) in [7, 11) is 1.50. The Labute approximate surface area is 127 Å². The van der Waals surface area contributed by atoms with Crippen molar-refractivity contribution in [1.82, 2.24) is 0 Å². The van der Waals surface area contributed by atoms with Crippen molar-refractivity contribution in [3.63, 3.8) is 0 Å². The third-order valence-electron chi connectivity index (χ3n) is 2.97. The molecule has 0 spiro atoms. The van der Waals surface area contributed by atoms with Gasteiger partial charge in [-0.1, -0.05) is 11.6 Å². The highest BCUT2D eigenvalue weighted by molar-refractivity contribution is 6.32. The van der Waals surface area contributed by atoms with Crippen LogP contribution in [0, 0.1) is 12.7 Å². The predicted octanol–water partition coefficient (Wildman–Crippen LogP) is 4.06. The first-order chi connectivity index (χ1) is 10.0. The van der Waals surface area contributed by atoms with Gasteiger partial charge in [-0.25, -0.2) is 4.39 Å². The van der Waals surface area contributed by atoms with Gasteiger partial charge in [0.1, 0.15) is 17.3 Å². The molecule has 21 heavy (non-hydrogen) atoms. The van der Waals surface area contributed by atoms with E-state index in [0.29, 0.717) is 27.6 Å². The molecule has 0 saturated carbocycles. The van der Waals surface area contributed by atoms with Crippen LogP contribution in [0.4, 0.5) is 4.39 Å². The molecule has 3 nitrogen and oxygen atoms in total. The lowest BCUT2D eigenvalue weighted by Crippen LogP contribution is -2.12. The second-order valence-corrected chi connectivity index (χ2v) is 4.88. The molecule has 2 aromatic rings. The van der Waals surface area contributed by atoms with Crippen LogP contribution in [0.5, 0.6) is 11.5 Å². The fourth-order valence-corrected chi connectivity index (χ4v) is 2.10. The van der Waals surface area contributed by atoms with Gasteiger partial charge in [0.15, 0.2) is 12.4 Å². The maximum atomic E-state index is 13.0. The van der Waals surface area contributed by atoms with Crippen LogP contribution in [0.25, 0.3) is 0 Å². The van der Waals surface area contributed by atoms with Gasteiger partial charge in [0.05, 0.1) is 12.1 Å². The minimum Gasteiger partial charge on any atom is -0.495 e. The summed E-state index contributed by atoms with van der Waals surface area (Å²) in [6.07, 6.45) is 0. The molecule has 0 unspecified atom stereocenters. The molecule has 0 aliphatic rings. The lowest BCUT2D eigenvalue weighted by Gasteiger charge is -2.09. The Hall–Kier alpha value is -2.07. The van der Waals surface area contributed by atoms with Crippen LogP contribution in [0.1, 0.15) is 15.9 Å². The van der Waals surface area contributed by atoms with E-state index in [2.05, 4.69) is 0 Å². The van der Waals surface area contributed by atoms with E-state index in [1.54, 1.807) is 19.1 Å². The highest BCUT2D eigenvalue weighted by atomic mass is 35.5. The molecular formula is C16H14ClFO3. The number of hydrogen-bond acceptors (Lipinski definition) is 3. The highest BCUT2D eigenvalue weighted by Gasteiger charge is 2.11. The van der Waals surface area contributed by atoms with Gasteiger partial charge >= 0.3 is 0 Å². The van der Waals surface area contributed by atoms with Crippen molar-refractivity contribution in [2.24, 2.45) is 0 Å². The van der Waals surface area contributed by atoms with Crippen molar-refractivity contribution in [3.05, 3.63) is 58.4 Å². The summed E-state index contributed by atoms with van der Waals surface area (Å²) in [5.74, 6) is 0.421. The molecule has 0 bridgehead atoms. The highest BCUT2D eigenvalue weighted by Crippen LogP contribution is 2.25. The molecule has 0 atom stereocenters. The van der Waals surface area contributed by atoms with E-state index >= 15 is 0 Å². The fourth-order valence-electron chi connectivity index (χ4n) is 1.84. The molecule has 0 aromatic heterocycles. The van der Waals surface area contributed by atoms with Crippen LogP contribution >= 0.6 is 11.6 Å². The lowest BCUT2D eigenvalue weighted by molar-refractivity contribution is 0.0921. The molecule has 0 fully saturated rings. The zero-order valence-corrected chi connectivity index (χ0v) is 12.4. The van der Waals surface area contributed by atoms with Gasteiger partial charge in [-0.05, 0) is 48.9 Å². The van der Waals surface area contributed by atoms with Gasteiger partial charge in [0.2, 0.25) is 0 Å². The predicted molar refractivity (Wildman–Crippen MR) is 79.0 cm³/mol. The van der Waals surface area contributed by atoms with Gasteiger partial charge < -0.3 is 9.47 Å². The molecule has 0 saturated heterocycles. The molecule has 2 aromatic carbocycles. The number of benzene rings is 2. The topological polar surface area (TPSA) is 35.5 Å². The average molecular weight is 309 g/mol. The number of rotatable bonds is 5. The molecule has 5 heteroatoms. The van der Waals surface area contributed by atoms with E-state index in [1.807, 2.05) is 0 Å². The van der Waals surface area contributed by atoms with Crippen molar-refractivity contribution < 1.29 is 18.7 Å². The van der Waals surface area contributed by atoms with Gasteiger partial charge in [-0.2, -0.15) is 0 Å². The number of ketones is 1. The zero-order valence-electron chi connectivity index (χ0n) is 11.7. The average Bonchev–Trinajstić information content (AvgIpc) is 2.46. The third kappa shape index (κ3) is 3.73. The lowest BCUT2D eigenvalue weighted by atomic mass is 10.1. The Kier molecular flexibility index (Phi) is 4.81. The first-order valence-corrected chi connectivity index (χ1v) is 6.64. The number of methoxy groups -OCH3 is 1. The number of aryl methyl sites for hydroxylation is 1. The van der Waals surface area contributed by atoms with Crippen molar-refractivity contribution in [3.8, 4) is 11.5 Å². The van der Waals surface area contributed by atoms with Gasteiger partial charge in [0, 0.05) is 5.56 Å². The Morgan fingerprint density at radius 2 is 1.90 bits per heavy atom. The molecule has 2 rings (SSSR count). The van der Waals surface area contributed by atoms with E-state index in [9.17, 15) is 9.18 Å². The molecular weight excluding hydrogens is 295 g/mol. The maximum Gasteiger partial charge on any atom is 0.200 e. The smallest absolute Gasteiger partial charge is 0.200 e. The number of ether oxygens (including phenoxy) is 2. The van der Waals surface area contributed by atoms with Crippen molar-refractivity contribution in [1.29, 1.82) is 0 Å². The number of hydrogen-bond donors (Lipinski definition) is 0. The minimum atomic E-state index is -0.340. The van der Waals surface area contributed by atoms with Crippen molar-refractivity contribution in [2.45, 2.75) is 6.92 Å². The molecule has 0 aliphatic carbocycles. The van der Waals surface area contributed by atoms with Crippen LogP contribution < -0.4 is 9.47 Å². The third-order valence-corrected chi connectivity index (χ3v) is 3.26. The Balaban J connectivity index is 2.06. The van der Waals surface area contributed by atoms with Crippen LogP contribution in [-0.2, 0) is 0 Å². The van der Waals surface area contributed by atoms with Crippen LogP contribution in [0.15, 0.2) is 36.4 Å². The monoisotopic (exact) mass is 308 g/mol. The first kappa shape index (κ1) is 15.3. The van der Waals surface area contributed by atoms with Gasteiger partial charge in [0.25, 0.3) is 0 Å². The summed E-state index contributed by atoms with van der Waals surface area (Å²) in [6.45, 7) is 1.57. The van der Waals surface area contributed by atoms with Crippen molar-refractivity contribution in [2.75, 3.05) is 13.7 Å². The summed E-state index contributed by atoms with van der Waals surface area (Å²) in [6, 6.07) is 8.91. The summed E-state index contributed by atoms with van der Waals surface area (Å²) < 4.78 is 23.4. The van der Waals surface area contributed by atoms with Crippen LogP contribution in [0.2, 0.25) is 5.02 Å². The zero-order chi connectivity index (χ0) is 15.4. The maximum absolute atomic E-state index is 13.0. The minimum absolute atomic E-state index is 0.144. The van der Waals surface area contributed by atoms with E-state index in [-0.39, 0.29) is 18.2 Å². The normalized spacial score (nSPS) is 10.3. The van der Waals surface area contributed by atoms with Crippen molar-refractivity contribution >= 4 is 17.4 Å². The molecule has 0 heterocycles. The fraction of sp³-hybridized carbons (Fsp3) is 0.188. The van der Waals surface area contributed by atoms with E-state index in [4.69, 9.17) is 21.1 Å². The number of halogens is 2.